The first kappa shape index (κ1) is 13.9. The predicted molar refractivity (Wildman–Crippen MR) is 78.2 cm³/mol. The van der Waals surface area contributed by atoms with E-state index in [1.165, 1.54) is 0 Å². The summed E-state index contributed by atoms with van der Waals surface area (Å²) in [5.74, 6) is -0.0558. The minimum atomic E-state index is -0.931. The molecule has 19 heavy (non-hydrogen) atoms. The van der Waals surface area contributed by atoms with Crippen molar-refractivity contribution in [3.63, 3.8) is 0 Å². The van der Waals surface area contributed by atoms with Gasteiger partial charge in [-0.15, -0.1) is 0 Å². The molecule has 0 aliphatic heterocycles. The molecule has 98 valence electrons. The standard InChI is InChI=1S/C16H17O2P/c1-11-9-12(2)14(13(3)10-11)15(17)16(19-18)7-5-4-6-8-16/h4-7,9-10H,8H2,1-3H3. The second kappa shape index (κ2) is 5.22. The first-order chi connectivity index (χ1) is 9.00. The molecule has 0 saturated heterocycles. The highest BCUT2D eigenvalue weighted by Crippen LogP contribution is 2.37. The molecule has 0 amide bonds. The highest BCUT2D eigenvalue weighted by Gasteiger charge is 2.38. The van der Waals surface area contributed by atoms with Gasteiger partial charge in [-0.05, 0) is 38.3 Å². The van der Waals surface area contributed by atoms with Gasteiger partial charge in [0.15, 0.2) is 14.2 Å². The maximum Gasteiger partial charge on any atom is 0.185 e. The summed E-state index contributed by atoms with van der Waals surface area (Å²) in [5, 5.41) is -0.931. The number of ketones is 1. The third-order valence-corrected chi connectivity index (χ3v) is 4.37. The van der Waals surface area contributed by atoms with Crippen molar-refractivity contribution in [3.05, 3.63) is 58.7 Å². The highest BCUT2D eigenvalue weighted by molar-refractivity contribution is 7.28. The van der Waals surface area contributed by atoms with E-state index in [1.54, 1.807) is 12.2 Å². The first-order valence-corrected chi connectivity index (χ1v) is 7.13. The number of rotatable bonds is 3. The number of allylic oxidation sites excluding steroid dienone is 4. The third-order valence-electron chi connectivity index (χ3n) is 3.51. The van der Waals surface area contributed by atoms with Crippen LogP contribution in [0.25, 0.3) is 0 Å². The van der Waals surface area contributed by atoms with Crippen molar-refractivity contribution in [1.29, 1.82) is 0 Å². The summed E-state index contributed by atoms with van der Waals surface area (Å²) in [4.78, 5) is 12.8. The normalized spacial score (nSPS) is 21.8. The van der Waals surface area contributed by atoms with E-state index in [0.717, 1.165) is 16.7 Å². The molecule has 1 aliphatic rings. The van der Waals surface area contributed by atoms with Gasteiger partial charge in [-0.25, -0.2) is 0 Å². The summed E-state index contributed by atoms with van der Waals surface area (Å²) in [6.07, 6.45) is 7.81. The van der Waals surface area contributed by atoms with E-state index < -0.39 is 5.16 Å². The Kier molecular flexibility index (Phi) is 3.82. The van der Waals surface area contributed by atoms with Crippen molar-refractivity contribution in [2.24, 2.45) is 0 Å². The molecular weight excluding hydrogens is 255 g/mol. The molecule has 2 nitrogen and oxygen atoms in total. The van der Waals surface area contributed by atoms with Crippen LogP contribution in [0.2, 0.25) is 0 Å². The van der Waals surface area contributed by atoms with Crippen LogP contribution in [0.15, 0.2) is 36.4 Å². The van der Waals surface area contributed by atoms with Crippen LogP contribution in [-0.2, 0) is 4.57 Å². The molecule has 0 fully saturated rings. The number of Topliss-reactive ketones (excluding diaryl/α,β-unsaturated/α-hetero) is 1. The fourth-order valence-corrected chi connectivity index (χ4v) is 3.16. The molecule has 1 aromatic carbocycles. The van der Waals surface area contributed by atoms with Gasteiger partial charge in [-0.3, -0.25) is 9.36 Å². The van der Waals surface area contributed by atoms with E-state index in [0.29, 0.717) is 12.0 Å². The van der Waals surface area contributed by atoms with E-state index in [-0.39, 0.29) is 14.2 Å². The molecule has 0 N–H and O–H groups in total. The molecule has 0 saturated carbocycles. The summed E-state index contributed by atoms with van der Waals surface area (Å²) in [6.45, 7) is 5.88. The lowest BCUT2D eigenvalue weighted by molar-refractivity contribution is 0.0959. The van der Waals surface area contributed by atoms with Gasteiger partial charge in [0, 0.05) is 5.56 Å². The van der Waals surface area contributed by atoms with E-state index in [4.69, 9.17) is 0 Å². The second-order valence-corrected chi connectivity index (χ2v) is 6.09. The minimum Gasteiger partial charge on any atom is -0.292 e. The molecular formula is C16H17O2P. The van der Waals surface area contributed by atoms with E-state index in [9.17, 15) is 9.36 Å². The van der Waals surface area contributed by atoms with Crippen LogP contribution in [0.1, 0.15) is 33.5 Å². The third kappa shape index (κ3) is 2.46. The Morgan fingerprint density at radius 1 is 1.16 bits per heavy atom. The van der Waals surface area contributed by atoms with Gasteiger partial charge in [0.2, 0.25) is 0 Å². The number of hydrogen-bond acceptors (Lipinski definition) is 2. The highest BCUT2D eigenvalue weighted by atomic mass is 31.1. The van der Waals surface area contributed by atoms with Crippen LogP contribution in [0, 0.1) is 20.8 Å². The Labute approximate surface area is 115 Å². The molecule has 0 spiro atoms. The maximum atomic E-state index is 12.8. The largest absolute Gasteiger partial charge is 0.292 e. The van der Waals surface area contributed by atoms with Gasteiger partial charge in [0.05, 0.1) is 0 Å². The summed E-state index contributed by atoms with van der Waals surface area (Å²) in [6, 6.07) is 4.00. The number of benzene rings is 1. The van der Waals surface area contributed by atoms with E-state index >= 15 is 0 Å². The molecule has 1 aromatic rings. The van der Waals surface area contributed by atoms with Crippen molar-refractivity contribution in [2.75, 3.05) is 0 Å². The van der Waals surface area contributed by atoms with Gasteiger partial charge >= 0.3 is 0 Å². The van der Waals surface area contributed by atoms with Crippen molar-refractivity contribution in [3.8, 4) is 0 Å². The quantitative estimate of drug-likeness (QED) is 0.606. The summed E-state index contributed by atoms with van der Waals surface area (Å²) in [7, 11) is -0.142. The summed E-state index contributed by atoms with van der Waals surface area (Å²) < 4.78 is 11.6. The lowest BCUT2D eigenvalue weighted by Crippen LogP contribution is -2.32. The zero-order chi connectivity index (χ0) is 14.0. The lowest BCUT2D eigenvalue weighted by atomic mass is 9.86. The van der Waals surface area contributed by atoms with E-state index in [1.807, 2.05) is 45.1 Å². The van der Waals surface area contributed by atoms with Crippen LogP contribution in [0.5, 0.6) is 0 Å². The maximum absolute atomic E-state index is 12.8. The number of carbonyl (C=O) groups is 1. The molecule has 0 aromatic heterocycles. The molecule has 0 heterocycles. The predicted octanol–water partition coefficient (Wildman–Crippen LogP) is 4.34. The first-order valence-electron chi connectivity index (χ1n) is 6.32. The Hall–Kier alpha value is -1.53. The van der Waals surface area contributed by atoms with Crippen LogP contribution >= 0.6 is 8.46 Å². The smallest absolute Gasteiger partial charge is 0.185 e. The zero-order valence-electron chi connectivity index (χ0n) is 11.4. The fraction of sp³-hybridized carbons (Fsp3) is 0.312. The molecule has 1 atom stereocenters. The summed E-state index contributed by atoms with van der Waals surface area (Å²) in [5.41, 5.74) is 3.75. The van der Waals surface area contributed by atoms with Gasteiger partial charge in [0.25, 0.3) is 0 Å². The van der Waals surface area contributed by atoms with Crippen LogP contribution in [0.3, 0.4) is 0 Å². The monoisotopic (exact) mass is 272 g/mol. The fourth-order valence-electron chi connectivity index (χ4n) is 2.64. The van der Waals surface area contributed by atoms with Gasteiger partial charge in [-0.2, -0.15) is 0 Å². The van der Waals surface area contributed by atoms with Gasteiger partial charge < -0.3 is 0 Å². The number of aryl methyl sites for hydroxylation is 3. The van der Waals surface area contributed by atoms with Crippen LogP contribution < -0.4 is 0 Å². The lowest BCUT2D eigenvalue weighted by Gasteiger charge is -2.24. The molecule has 0 bridgehead atoms. The van der Waals surface area contributed by atoms with Crippen molar-refractivity contribution < 1.29 is 9.36 Å². The number of hydrogen-bond donors (Lipinski definition) is 0. The Morgan fingerprint density at radius 2 is 1.79 bits per heavy atom. The van der Waals surface area contributed by atoms with Gasteiger partial charge in [0.1, 0.15) is 5.16 Å². The topological polar surface area (TPSA) is 34.1 Å². The number of carbonyl (C=O) groups excluding carboxylic acids is 1. The average molecular weight is 272 g/mol. The van der Waals surface area contributed by atoms with Gasteiger partial charge in [-0.1, -0.05) is 42.0 Å². The SMILES string of the molecule is Cc1cc(C)c(C(=O)C2(P=O)C=CC=CC2)c(C)c1. The Bertz CT molecular complexity index is 576. The molecule has 2 rings (SSSR count). The average Bonchev–Trinajstić information content (AvgIpc) is 2.38. The van der Waals surface area contributed by atoms with Crippen molar-refractivity contribution in [1.82, 2.24) is 0 Å². The van der Waals surface area contributed by atoms with Crippen LogP contribution in [0.4, 0.5) is 0 Å². The molecule has 1 unspecified atom stereocenters. The Balaban J connectivity index is 2.53. The van der Waals surface area contributed by atoms with Crippen molar-refractivity contribution in [2.45, 2.75) is 32.3 Å². The molecule has 0 radical (unpaired) electrons. The minimum absolute atomic E-state index is 0.0558. The Morgan fingerprint density at radius 3 is 2.26 bits per heavy atom. The molecule has 3 heteroatoms. The second-order valence-electron chi connectivity index (χ2n) is 5.11. The van der Waals surface area contributed by atoms with Crippen LogP contribution in [-0.4, -0.2) is 10.9 Å². The summed E-state index contributed by atoms with van der Waals surface area (Å²) >= 11 is 0. The van der Waals surface area contributed by atoms with E-state index in [2.05, 4.69) is 0 Å². The van der Waals surface area contributed by atoms with Crippen molar-refractivity contribution >= 4 is 14.2 Å². The molecule has 1 aliphatic carbocycles. The zero-order valence-corrected chi connectivity index (χ0v) is 12.3.